The number of aliphatic carboxylic acids is 1. The minimum absolute atomic E-state index is 0.0176. The second-order valence-electron chi connectivity index (χ2n) is 7.91. The van der Waals surface area contributed by atoms with E-state index in [-0.39, 0.29) is 18.4 Å². The zero-order valence-corrected chi connectivity index (χ0v) is 18.5. The van der Waals surface area contributed by atoms with E-state index >= 15 is 0 Å². The number of terminal acetylenes is 1. The fourth-order valence-corrected chi connectivity index (χ4v) is 3.66. The number of fused-ring (bicyclic) bond motifs is 1. The Labute approximate surface area is 197 Å². The predicted molar refractivity (Wildman–Crippen MR) is 127 cm³/mol. The monoisotopic (exact) mass is 462 g/mol. The van der Waals surface area contributed by atoms with Crippen LogP contribution in [0.1, 0.15) is 24.0 Å². The largest absolute Gasteiger partial charge is 0.481 e. The van der Waals surface area contributed by atoms with Crippen LogP contribution in [0.3, 0.4) is 0 Å². The van der Waals surface area contributed by atoms with Gasteiger partial charge >= 0.3 is 12.0 Å². The number of amides is 3. The molecule has 0 bridgehead atoms. The Morgan fingerprint density at radius 2 is 1.88 bits per heavy atom. The lowest BCUT2D eigenvalue weighted by molar-refractivity contribution is -0.137. The molecule has 9 heteroatoms. The molecule has 0 aliphatic carbocycles. The Morgan fingerprint density at radius 3 is 2.59 bits per heavy atom. The van der Waals surface area contributed by atoms with E-state index in [1.165, 1.54) is 0 Å². The summed E-state index contributed by atoms with van der Waals surface area (Å²) in [6, 6.07) is 13.8. The number of nitrogens with zero attached hydrogens (tertiary/aromatic N) is 1. The topological polar surface area (TPSA) is 128 Å². The molecule has 1 heterocycles. The van der Waals surface area contributed by atoms with Crippen LogP contribution in [0.4, 0.5) is 16.2 Å². The molecule has 1 aliphatic heterocycles. The van der Waals surface area contributed by atoms with E-state index in [1.807, 2.05) is 47.4 Å². The quantitative estimate of drug-likeness (QED) is 0.316. The van der Waals surface area contributed by atoms with Crippen LogP contribution >= 0.6 is 0 Å². The van der Waals surface area contributed by atoms with Crippen LogP contribution in [-0.4, -0.2) is 47.9 Å². The summed E-state index contributed by atoms with van der Waals surface area (Å²) in [7, 11) is 0. The molecule has 3 amide bonds. The van der Waals surface area contributed by atoms with Gasteiger partial charge in [-0.1, -0.05) is 42.3 Å². The van der Waals surface area contributed by atoms with Crippen molar-refractivity contribution in [3.05, 3.63) is 59.7 Å². The van der Waals surface area contributed by atoms with Gasteiger partial charge < -0.3 is 26.0 Å². The fraction of sp³-hybridized carbons (Fsp3) is 0.280. The highest BCUT2D eigenvalue weighted by atomic mass is 16.4. The number of urea groups is 1. The highest BCUT2D eigenvalue weighted by molar-refractivity contribution is 6.00. The summed E-state index contributed by atoms with van der Waals surface area (Å²) in [4.78, 5) is 49.4. The lowest BCUT2D eigenvalue weighted by Gasteiger charge is -2.19. The van der Waals surface area contributed by atoms with Crippen molar-refractivity contribution in [3.63, 3.8) is 0 Å². The molecular weight excluding hydrogens is 436 g/mol. The third kappa shape index (κ3) is 7.10. The van der Waals surface area contributed by atoms with Crippen molar-refractivity contribution in [3.8, 4) is 12.3 Å². The second kappa shape index (κ2) is 11.5. The number of hydrogen-bond donors (Lipinski definition) is 4. The van der Waals surface area contributed by atoms with Crippen LogP contribution in [0.15, 0.2) is 48.5 Å². The highest BCUT2D eigenvalue weighted by Crippen LogP contribution is 2.30. The Bertz CT molecular complexity index is 1110. The Morgan fingerprint density at radius 1 is 1.12 bits per heavy atom. The molecule has 0 fully saturated rings. The maximum atomic E-state index is 12.4. The highest BCUT2D eigenvalue weighted by Gasteiger charge is 2.23. The van der Waals surface area contributed by atoms with Gasteiger partial charge in [0, 0.05) is 24.5 Å². The number of carbonyl (C=O) groups is 4. The minimum Gasteiger partial charge on any atom is -0.481 e. The first-order chi connectivity index (χ1) is 16.3. The molecule has 1 unspecified atom stereocenters. The van der Waals surface area contributed by atoms with Gasteiger partial charge in [-0.05, 0) is 29.7 Å². The summed E-state index contributed by atoms with van der Waals surface area (Å²) in [5, 5.41) is 16.8. The number of hydrogen-bond acceptors (Lipinski definition) is 5. The molecule has 9 nitrogen and oxygen atoms in total. The third-order valence-electron chi connectivity index (χ3n) is 5.27. The van der Waals surface area contributed by atoms with Gasteiger partial charge in [-0.2, -0.15) is 0 Å². The molecule has 3 rings (SSSR count). The number of nitrogens with one attached hydrogen (secondary N) is 3. The van der Waals surface area contributed by atoms with Crippen LogP contribution in [0, 0.1) is 12.3 Å². The molecular formula is C25H26N4O5. The zero-order valence-electron chi connectivity index (χ0n) is 18.5. The molecule has 1 aliphatic rings. The molecule has 2 aromatic rings. The Kier molecular flexibility index (Phi) is 8.24. The van der Waals surface area contributed by atoms with Crippen LogP contribution in [-0.2, 0) is 27.3 Å². The number of carbonyl (C=O) groups excluding carboxylic acids is 3. The standard InChI is InChI=1S/C25H26N4O5/c1-2-19(13-24(32)33)27-23(31)14-21(30)16-29-11-10-18-8-9-20(12-22(18)29)28-25(34)26-15-17-6-4-3-5-7-17/h1,3-9,12,19H,10-11,13-16H2,(H,27,31)(H,32,33)(H2,26,28,34). The van der Waals surface area contributed by atoms with Crippen molar-refractivity contribution in [2.45, 2.75) is 31.8 Å². The van der Waals surface area contributed by atoms with Gasteiger partial charge in [-0.3, -0.25) is 14.4 Å². The van der Waals surface area contributed by atoms with Crippen molar-refractivity contribution in [2.24, 2.45) is 0 Å². The number of anilines is 2. The summed E-state index contributed by atoms with van der Waals surface area (Å²) in [5.41, 5.74) is 3.44. The van der Waals surface area contributed by atoms with Crippen molar-refractivity contribution in [1.29, 1.82) is 0 Å². The van der Waals surface area contributed by atoms with E-state index < -0.39 is 30.8 Å². The Hall–Kier alpha value is -4.32. The third-order valence-corrected chi connectivity index (χ3v) is 5.27. The first kappa shape index (κ1) is 24.3. The number of rotatable bonds is 10. The first-order valence-corrected chi connectivity index (χ1v) is 10.8. The molecule has 0 aromatic heterocycles. The van der Waals surface area contributed by atoms with Crippen molar-refractivity contribution < 1.29 is 24.3 Å². The molecule has 176 valence electrons. The van der Waals surface area contributed by atoms with Crippen LogP contribution < -0.4 is 20.9 Å². The SMILES string of the molecule is C#CC(CC(=O)O)NC(=O)CC(=O)CN1CCc2ccc(NC(=O)NCc3ccccc3)cc21. The lowest BCUT2D eigenvalue weighted by atomic mass is 10.1. The molecule has 0 saturated carbocycles. The van der Waals surface area contributed by atoms with E-state index in [2.05, 4.69) is 21.9 Å². The van der Waals surface area contributed by atoms with Crippen LogP contribution in [0.2, 0.25) is 0 Å². The fourth-order valence-electron chi connectivity index (χ4n) is 3.66. The van der Waals surface area contributed by atoms with Gasteiger partial charge in [0.1, 0.15) is 6.04 Å². The van der Waals surface area contributed by atoms with E-state index in [4.69, 9.17) is 11.5 Å². The number of Topliss-reactive ketones (excluding diaryl/α,β-unsaturated/α-hetero) is 1. The predicted octanol–water partition coefficient (Wildman–Crippen LogP) is 1.92. The summed E-state index contributed by atoms with van der Waals surface area (Å²) < 4.78 is 0. The van der Waals surface area contributed by atoms with Crippen molar-refractivity contribution in [1.82, 2.24) is 10.6 Å². The molecule has 0 spiro atoms. The van der Waals surface area contributed by atoms with Gasteiger partial charge in [0.25, 0.3) is 0 Å². The summed E-state index contributed by atoms with van der Waals surface area (Å²) in [6.45, 7) is 1.02. The molecule has 0 saturated heterocycles. The maximum absolute atomic E-state index is 12.4. The lowest BCUT2D eigenvalue weighted by Crippen LogP contribution is -2.38. The summed E-state index contributed by atoms with van der Waals surface area (Å²) in [6.07, 6.45) is 5.16. The van der Waals surface area contributed by atoms with Gasteiger partial charge in [0.05, 0.1) is 19.4 Å². The second-order valence-corrected chi connectivity index (χ2v) is 7.91. The molecule has 4 N–H and O–H groups in total. The van der Waals surface area contributed by atoms with Gasteiger partial charge in [0.2, 0.25) is 5.91 Å². The van der Waals surface area contributed by atoms with E-state index in [0.717, 1.165) is 23.2 Å². The Balaban J connectivity index is 1.53. The molecule has 34 heavy (non-hydrogen) atoms. The number of carboxylic acids is 1. The smallest absolute Gasteiger partial charge is 0.319 e. The average molecular weight is 463 g/mol. The summed E-state index contributed by atoms with van der Waals surface area (Å²) in [5.74, 6) is 0.116. The summed E-state index contributed by atoms with van der Waals surface area (Å²) >= 11 is 0. The van der Waals surface area contributed by atoms with Crippen LogP contribution in [0.5, 0.6) is 0 Å². The van der Waals surface area contributed by atoms with Crippen LogP contribution in [0.25, 0.3) is 0 Å². The van der Waals surface area contributed by atoms with E-state index in [0.29, 0.717) is 18.8 Å². The van der Waals surface area contributed by atoms with Gasteiger partial charge in [0.15, 0.2) is 5.78 Å². The van der Waals surface area contributed by atoms with Gasteiger partial charge in [-0.15, -0.1) is 6.42 Å². The maximum Gasteiger partial charge on any atom is 0.319 e. The van der Waals surface area contributed by atoms with E-state index in [1.54, 1.807) is 6.07 Å². The first-order valence-electron chi connectivity index (χ1n) is 10.8. The minimum atomic E-state index is -1.14. The zero-order chi connectivity index (χ0) is 24.5. The van der Waals surface area contributed by atoms with Crippen molar-refractivity contribution in [2.75, 3.05) is 23.3 Å². The molecule has 2 aromatic carbocycles. The average Bonchev–Trinajstić information content (AvgIpc) is 3.19. The molecule has 0 radical (unpaired) electrons. The number of benzene rings is 2. The van der Waals surface area contributed by atoms with Gasteiger partial charge in [-0.25, -0.2) is 4.79 Å². The number of ketones is 1. The van der Waals surface area contributed by atoms with Crippen molar-refractivity contribution >= 4 is 35.1 Å². The normalized spacial score (nSPS) is 12.7. The molecule has 1 atom stereocenters. The number of carboxylic acid groups (broad SMARTS) is 1. The van der Waals surface area contributed by atoms with E-state index in [9.17, 15) is 19.2 Å².